The molecule has 1 saturated heterocycles. The van der Waals surface area contributed by atoms with Crippen molar-refractivity contribution >= 4 is 15.7 Å². The van der Waals surface area contributed by atoms with Gasteiger partial charge in [-0.05, 0) is 45.9 Å². The summed E-state index contributed by atoms with van der Waals surface area (Å²) < 4.78 is 22.5. The van der Waals surface area contributed by atoms with Crippen molar-refractivity contribution in [1.82, 2.24) is 10.2 Å². The van der Waals surface area contributed by atoms with Gasteiger partial charge >= 0.3 is 0 Å². The van der Waals surface area contributed by atoms with Gasteiger partial charge in [-0.3, -0.25) is 4.79 Å². The van der Waals surface area contributed by atoms with Crippen molar-refractivity contribution < 1.29 is 13.2 Å². The standard InChI is InChI=1S/C13H22N2O3S/c1-10(2)15-6-3-11(4-7-15)13(16)14-12-5-8-19(17,18)9-12/h5,8,10-12H,3-4,6-7,9H2,1-2H3,(H,14,16)/t12-/m0/s1. The summed E-state index contributed by atoms with van der Waals surface area (Å²) in [4.78, 5) is 14.4. The molecule has 0 aliphatic carbocycles. The number of amides is 1. The molecule has 108 valence electrons. The molecule has 5 nitrogen and oxygen atoms in total. The van der Waals surface area contributed by atoms with Crippen molar-refractivity contribution in [2.24, 2.45) is 5.92 Å². The highest BCUT2D eigenvalue weighted by Crippen LogP contribution is 2.19. The summed E-state index contributed by atoms with van der Waals surface area (Å²) in [6, 6.07) is 0.174. The largest absolute Gasteiger partial charge is 0.349 e. The van der Waals surface area contributed by atoms with E-state index in [-0.39, 0.29) is 23.6 Å². The molecule has 0 aromatic heterocycles. The van der Waals surface area contributed by atoms with Gasteiger partial charge in [0.25, 0.3) is 0 Å². The number of nitrogens with zero attached hydrogens (tertiary/aromatic N) is 1. The average molecular weight is 286 g/mol. The first-order valence-electron chi connectivity index (χ1n) is 6.83. The lowest BCUT2D eigenvalue weighted by Gasteiger charge is -2.34. The molecule has 1 N–H and O–H groups in total. The summed E-state index contributed by atoms with van der Waals surface area (Å²) in [7, 11) is -3.10. The summed E-state index contributed by atoms with van der Waals surface area (Å²) >= 11 is 0. The van der Waals surface area contributed by atoms with Crippen molar-refractivity contribution in [3.63, 3.8) is 0 Å². The lowest BCUT2D eigenvalue weighted by Crippen LogP contribution is -2.45. The van der Waals surface area contributed by atoms with Crippen LogP contribution in [-0.4, -0.2) is 50.2 Å². The number of sulfone groups is 1. The van der Waals surface area contributed by atoms with Crippen LogP contribution in [0.15, 0.2) is 11.5 Å². The molecule has 1 fully saturated rings. The molecule has 19 heavy (non-hydrogen) atoms. The Balaban J connectivity index is 1.81. The number of hydrogen-bond donors (Lipinski definition) is 1. The first-order valence-corrected chi connectivity index (χ1v) is 8.54. The molecule has 0 radical (unpaired) electrons. The van der Waals surface area contributed by atoms with Crippen LogP contribution >= 0.6 is 0 Å². The lowest BCUT2D eigenvalue weighted by molar-refractivity contribution is -0.126. The monoisotopic (exact) mass is 286 g/mol. The van der Waals surface area contributed by atoms with E-state index in [4.69, 9.17) is 0 Å². The fourth-order valence-electron chi connectivity index (χ4n) is 2.64. The third-order valence-electron chi connectivity index (χ3n) is 3.89. The molecular formula is C13H22N2O3S. The summed E-state index contributed by atoms with van der Waals surface area (Å²) in [6.07, 6.45) is 3.27. The molecule has 0 bridgehead atoms. The minimum absolute atomic E-state index is 0.00355. The number of piperidine rings is 1. The van der Waals surface area contributed by atoms with Crippen LogP contribution in [0.2, 0.25) is 0 Å². The van der Waals surface area contributed by atoms with Gasteiger partial charge in [-0.25, -0.2) is 8.42 Å². The van der Waals surface area contributed by atoms with Gasteiger partial charge in [0.05, 0.1) is 11.8 Å². The minimum Gasteiger partial charge on any atom is -0.349 e. The third-order valence-corrected chi connectivity index (χ3v) is 5.28. The van der Waals surface area contributed by atoms with E-state index in [2.05, 4.69) is 24.1 Å². The second-order valence-corrected chi connectivity index (χ2v) is 7.61. The zero-order valence-corrected chi connectivity index (χ0v) is 12.3. The molecular weight excluding hydrogens is 264 g/mol. The number of likely N-dealkylation sites (tertiary alicyclic amines) is 1. The highest BCUT2D eigenvalue weighted by molar-refractivity contribution is 7.94. The van der Waals surface area contributed by atoms with E-state index < -0.39 is 9.84 Å². The molecule has 0 aromatic rings. The molecule has 6 heteroatoms. The number of hydrogen-bond acceptors (Lipinski definition) is 4. The number of nitrogens with one attached hydrogen (secondary N) is 1. The fraction of sp³-hybridized carbons (Fsp3) is 0.769. The SMILES string of the molecule is CC(C)N1CCC(C(=O)N[C@H]2C=CS(=O)(=O)C2)CC1. The molecule has 0 aromatic carbocycles. The molecule has 2 rings (SSSR count). The van der Waals surface area contributed by atoms with Crippen LogP contribution in [0, 0.1) is 5.92 Å². The molecule has 2 aliphatic heterocycles. The van der Waals surface area contributed by atoms with Gasteiger partial charge in [-0.15, -0.1) is 0 Å². The Morgan fingerprint density at radius 3 is 2.42 bits per heavy atom. The molecule has 0 unspecified atom stereocenters. The van der Waals surface area contributed by atoms with Crippen molar-refractivity contribution in [1.29, 1.82) is 0 Å². The summed E-state index contributed by atoms with van der Waals surface area (Å²) in [5, 5.41) is 4.02. The minimum atomic E-state index is -3.10. The van der Waals surface area contributed by atoms with E-state index in [1.165, 1.54) is 5.41 Å². The average Bonchev–Trinajstić information content (AvgIpc) is 2.68. The fourth-order valence-corrected chi connectivity index (χ4v) is 3.88. The molecule has 2 aliphatic rings. The predicted molar refractivity (Wildman–Crippen MR) is 74.3 cm³/mol. The Hall–Kier alpha value is -0.880. The van der Waals surface area contributed by atoms with Gasteiger partial charge in [0, 0.05) is 17.4 Å². The van der Waals surface area contributed by atoms with Crippen LogP contribution in [0.1, 0.15) is 26.7 Å². The van der Waals surface area contributed by atoms with E-state index in [9.17, 15) is 13.2 Å². The van der Waals surface area contributed by atoms with Gasteiger partial charge in [0.2, 0.25) is 5.91 Å². The van der Waals surface area contributed by atoms with Crippen LogP contribution in [0.4, 0.5) is 0 Å². The predicted octanol–water partition coefficient (Wildman–Crippen LogP) is 0.534. The van der Waals surface area contributed by atoms with Gasteiger partial charge < -0.3 is 10.2 Å². The first-order chi connectivity index (χ1) is 8.87. The van der Waals surface area contributed by atoms with Crippen molar-refractivity contribution in [2.75, 3.05) is 18.8 Å². The van der Waals surface area contributed by atoms with Crippen molar-refractivity contribution in [2.45, 2.75) is 38.8 Å². The molecule has 0 saturated carbocycles. The van der Waals surface area contributed by atoms with Crippen LogP contribution in [-0.2, 0) is 14.6 Å². The summed E-state index contributed by atoms with van der Waals surface area (Å²) in [5.41, 5.74) is 0. The van der Waals surface area contributed by atoms with Gasteiger partial charge in [0.15, 0.2) is 9.84 Å². The maximum absolute atomic E-state index is 12.1. The molecule has 1 atom stereocenters. The summed E-state index contributed by atoms with van der Waals surface area (Å²) in [5.74, 6) is 0.0192. The third kappa shape index (κ3) is 3.79. The highest BCUT2D eigenvalue weighted by atomic mass is 32.2. The Kier molecular flexibility index (Phi) is 4.30. The Labute approximate surface area is 115 Å². The molecule has 2 heterocycles. The van der Waals surface area contributed by atoms with Crippen LogP contribution in [0.3, 0.4) is 0 Å². The van der Waals surface area contributed by atoms with Gasteiger partial charge in [-0.1, -0.05) is 0 Å². The van der Waals surface area contributed by atoms with E-state index in [0.717, 1.165) is 25.9 Å². The van der Waals surface area contributed by atoms with Gasteiger partial charge in [-0.2, -0.15) is 0 Å². The van der Waals surface area contributed by atoms with Crippen molar-refractivity contribution in [3.05, 3.63) is 11.5 Å². The van der Waals surface area contributed by atoms with Gasteiger partial charge in [0.1, 0.15) is 0 Å². The van der Waals surface area contributed by atoms with Crippen molar-refractivity contribution in [3.8, 4) is 0 Å². The van der Waals surface area contributed by atoms with Crippen LogP contribution < -0.4 is 5.32 Å². The number of carbonyl (C=O) groups is 1. The Morgan fingerprint density at radius 2 is 1.95 bits per heavy atom. The summed E-state index contributed by atoms with van der Waals surface area (Å²) in [6.45, 7) is 6.20. The smallest absolute Gasteiger partial charge is 0.223 e. The Morgan fingerprint density at radius 1 is 1.32 bits per heavy atom. The quantitative estimate of drug-likeness (QED) is 0.822. The highest BCUT2D eigenvalue weighted by Gasteiger charge is 2.29. The second-order valence-electron chi connectivity index (χ2n) is 5.68. The van der Waals surface area contributed by atoms with E-state index in [1.807, 2.05) is 0 Å². The van der Waals surface area contributed by atoms with E-state index in [0.29, 0.717) is 6.04 Å². The van der Waals surface area contributed by atoms with E-state index >= 15 is 0 Å². The molecule has 1 amide bonds. The van der Waals surface area contributed by atoms with Crippen LogP contribution in [0.25, 0.3) is 0 Å². The maximum atomic E-state index is 12.1. The molecule has 0 spiro atoms. The lowest BCUT2D eigenvalue weighted by atomic mass is 9.95. The first kappa shape index (κ1) is 14.5. The Bertz CT molecular complexity index is 462. The second kappa shape index (κ2) is 5.63. The zero-order valence-electron chi connectivity index (χ0n) is 11.5. The normalized spacial score (nSPS) is 27.8. The number of carbonyl (C=O) groups excluding carboxylic acids is 1. The maximum Gasteiger partial charge on any atom is 0.223 e. The van der Waals surface area contributed by atoms with Crippen LogP contribution in [0.5, 0.6) is 0 Å². The van der Waals surface area contributed by atoms with E-state index in [1.54, 1.807) is 6.08 Å². The number of rotatable bonds is 3. The topological polar surface area (TPSA) is 66.5 Å². The zero-order chi connectivity index (χ0) is 14.0.